The van der Waals surface area contributed by atoms with Crippen molar-refractivity contribution in [2.24, 2.45) is 0 Å². The summed E-state index contributed by atoms with van der Waals surface area (Å²) in [6, 6.07) is 128. The van der Waals surface area contributed by atoms with E-state index in [2.05, 4.69) is 144 Å². The molecule has 22 aromatic rings. The number of fused-ring (bicyclic) bond motifs is 15. The number of benzene rings is 16. The molecule has 16 heteroatoms. The van der Waals surface area contributed by atoms with Crippen molar-refractivity contribution in [1.29, 1.82) is 0 Å². The van der Waals surface area contributed by atoms with Crippen LogP contribution in [0.4, 0.5) is 0 Å². The van der Waals surface area contributed by atoms with Gasteiger partial charge in [0.2, 0.25) is 11.9 Å². The van der Waals surface area contributed by atoms with Crippen molar-refractivity contribution < 1.29 is 13.7 Å². The lowest BCUT2D eigenvalue weighted by atomic mass is 10.0. The predicted molar refractivity (Wildman–Crippen MR) is 472 cm³/mol. The van der Waals surface area contributed by atoms with E-state index in [1.165, 1.54) is 32.3 Å². The number of hydrogen-bond acceptors (Lipinski definition) is 8. The number of aromatic nitrogens is 10. The van der Waals surface area contributed by atoms with E-state index in [4.69, 9.17) is 24.9 Å². The van der Waals surface area contributed by atoms with Crippen LogP contribution in [0.3, 0.4) is 0 Å². The first-order valence-corrected chi connectivity index (χ1v) is 43.4. The van der Waals surface area contributed by atoms with Gasteiger partial charge in [-0.15, -0.1) is 0 Å². The van der Waals surface area contributed by atoms with Crippen molar-refractivity contribution in [3.05, 3.63) is 382 Å². The Balaban J connectivity index is 0.000000102. The molecule has 0 aliphatic carbocycles. The van der Waals surface area contributed by atoms with Gasteiger partial charge in [-0.05, 0) is 120 Å². The van der Waals surface area contributed by atoms with E-state index >= 15 is 13.7 Å². The van der Waals surface area contributed by atoms with E-state index in [-0.39, 0.29) is 0 Å². The van der Waals surface area contributed by atoms with Crippen LogP contribution in [0.5, 0.6) is 0 Å². The molecule has 16 aromatic carbocycles. The smallest absolute Gasteiger partial charge is 0.220 e. The van der Waals surface area contributed by atoms with Gasteiger partial charge in [-0.2, -0.15) is 0 Å². The maximum atomic E-state index is 15.3. The summed E-state index contributed by atoms with van der Waals surface area (Å²) in [7, 11) is -9.37. The van der Waals surface area contributed by atoms with Gasteiger partial charge in [-0.3, -0.25) is 22.8 Å². The van der Waals surface area contributed by atoms with E-state index in [9.17, 15) is 0 Å². The minimum atomic E-state index is -3.15. The SMILES string of the molecule is O=P1(c2ccccc2)c2ccccc2-n2c(-c3nc4ccccc4nc3-c3ccccc3)nc3cccc1c32.O=P1(c2ccccc2)c2ccccc2-n2c(-n3c4ccccc4c4c5ccccc5ccc43)nc3cccc1c32.O=P1(c2ccccc2)c2ccccc2-n2c(-n3c4ccccc4c4ccccc43)nc3cccc1c32. The zero-order valence-corrected chi connectivity index (χ0v) is 64.1. The molecule has 0 fully saturated rings. The van der Waals surface area contributed by atoms with Crippen LogP contribution in [0.15, 0.2) is 382 Å². The number of imidazole rings is 3. The predicted octanol–water partition coefficient (Wildman–Crippen LogP) is 19.6. The van der Waals surface area contributed by atoms with Gasteiger partial charge in [0.1, 0.15) is 11.4 Å². The molecule has 115 heavy (non-hydrogen) atoms. The van der Waals surface area contributed by atoms with Gasteiger partial charge in [0.15, 0.2) is 27.3 Å². The summed E-state index contributed by atoms with van der Waals surface area (Å²) >= 11 is 0. The van der Waals surface area contributed by atoms with Crippen molar-refractivity contribution in [3.8, 4) is 51.7 Å². The Labute approximate surface area is 658 Å². The van der Waals surface area contributed by atoms with Gasteiger partial charge < -0.3 is 13.7 Å². The molecule has 0 amide bonds. The molecule has 3 aliphatic rings. The monoisotopic (exact) mass is 1530 g/mol. The first kappa shape index (κ1) is 66.6. The molecule has 3 atom stereocenters. The fourth-order valence-corrected chi connectivity index (χ4v) is 27.2. The molecular formula is C99H63N10O3P3. The normalized spacial score (nSPS) is 16.2. The molecule has 3 unspecified atom stereocenters. The maximum absolute atomic E-state index is 15.3. The third-order valence-electron chi connectivity index (χ3n) is 23.1. The fraction of sp³-hybridized carbons (Fsp3) is 0. The zero-order valence-electron chi connectivity index (χ0n) is 61.4. The fourth-order valence-electron chi connectivity index (χ4n) is 18.2. The minimum absolute atomic E-state index is 0.682. The van der Waals surface area contributed by atoms with Crippen molar-refractivity contribution in [2.45, 2.75) is 0 Å². The highest BCUT2D eigenvalue weighted by Crippen LogP contribution is 2.54. The highest BCUT2D eigenvalue weighted by atomic mass is 31.2. The van der Waals surface area contributed by atoms with Crippen LogP contribution in [-0.2, 0) is 13.7 Å². The highest BCUT2D eigenvalue weighted by Gasteiger charge is 2.44. The lowest BCUT2D eigenvalue weighted by Gasteiger charge is -2.29. The molecule has 9 heterocycles. The van der Waals surface area contributed by atoms with Crippen LogP contribution in [0.1, 0.15) is 0 Å². The Morgan fingerprint density at radius 3 is 1.04 bits per heavy atom. The van der Waals surface area contributed by atoms with Crippen LogP contribution < -0.4 is 47.7 Å². The van der Waals surface area contributed by atoms with E-state index in [0.717, 1.165) is 154 Å². The van der Waals surface area contributed by atoms with Gasteiger partial charge in [0, 0.05) is 74.8 Å². The second kappa shape index (κ2) is 25.7. The maximum Gasteiger partial charge on any atom is 0.220 e. The molecule has 0 saturated heterocycles. The largest absolute Gasteiger partial charge is 0.308 e. The number of rotatable bonds is 7. The van der Waals surface area contributed by atoms with Crippen LogP contribution in [-0.4, -0.2) is 47.8 Å². The summed E-state index contributed by atoms with van der Waals surface area (Å²) in [4.78, 5) is 25.8. The van der Waals surface area contributed by atoms with Crippen LogP contribution in [0, 0.1) is 0 Å². The topological polar surface area (TPSA) is 140 Å². The molecule has 3 aliphatic heterocycles. The Bertz CT molecular complexity index is 7930. The minimum Gasteiger partial charge on any atom is -0.308 e. The van der Waals surface area contributed by atoms with E-state index in [1.807, 2.05) is 261 Å². The lowest BCUT2D eigenvalue weighted by molar-refractivity contribution is 0.591. The molecular weight excluding hydrogens is 1470 g/mol. The number of nitrogens with zero attached hydrogens (tertiary/aromatic N) is 10. The van der Waals surface area contributed by atoms with Gasteiger partial charge in [-0.1, -0.05) is 273 Å². The Morgan fingerprint density at radius 1 is 0.217 bits per heavy atom. The Hall–Kier alpha value is -14.2. The molecule has 0 N–H and O–H groups in total. The van der Waals surface area contributed by atoms with Gasteiger partial charge in [-0.25, -0.2) is 24.9 Å². The van der Waals surface area contributed by atoms with Crippen LogP contribution >= 0.6 is 21.4 Å². The summed E-state index contributed by atoms with van der Waals surface area (Å²) in [5.74, 6) is 2.29. The summed E-state index contributed by atoms with van der Waals surface area (Å²) in [6.45, 7) is 0. The van der Waals surface area contributed by atoms with Crippen molar-refractivity contribution >= 4 is 168 Å². The quantitative estimate of drug-likeness (QED) is 0.144. The van der Waals surface area contributed by atoms with Crippen LogP contribution in [0.2, 0.25) is 0 Å². The lowest BCUT2D eigenvalue weighted by Crippen LogP contribution is -2.33. The molecule has 542 valence electrons. The average molecular weight is 1530 g/mol. The Morgan fingerprint density at radius 2 is 0.557 bits per heavy atom. The Kier molecular flexibility index (Phi) is 14.9. The first-order valence-electron chi connectivity index (χ1n) is 38.3. The molecule has 0 spiro atoms. The molecule has 0 radical (unpaired) electrons. The first-order chi connectivity index (χ1) is 56.7. The second-order valence-corrected chi connectivity index (χ2v) is 37.3. The third kappa shape index (κ3) is 9.64. The number of hydrogen-bond donors (Lipinski definition) is 0. The molecule has 0 saturated carbocycles. The third-order valence-corrected chi connectivity index (χ3v) is 32.4. The van der Waals surface area contributed by atoms with E-state index in [0.29, 0.717) is 11.5 Å². The van der Waals surface area contributed by atoms with Crippen LogP contribution in [0.25, 0.3) is 150 Å². The van der Waals surface area contributed by atoms with Crippen molar-refractivity contribution in [1.82, 2.24) is 47.8 Å². The van der Waals surface area contributed by atoms with Crippen molar-refractivity contribution in [3.63, 3.8) is 0 Å². The standard InChI is InChI=1S/C35H22N3OP.C33H21N4OP.C31H20N3OP/c39-40(24-12-2-1-3-13-24)31-19-9-8-18-29(31)38-34-27(16-10-20-32(34)40)36-35(38)37-28-17-7-6-15-26(28)33-25-14-5-4-11-23(25)21-22-30(33)37;38-39(23-14-5-2-6-15-23)28-20-10-9-19-27(28)37-32-26(18-11-21-29(32)39)36-33(37)31-30(22-12-3-1-4-13-22)34-24-16-7-8-17-25(24)35-31;35-36(21-11-2-1-3-12-21)28-19-9-8-18-27(28)34-30-24(15-10-20-29(30)36)32-31(34)33-25-16-6-4-13-22(25)23-14-5-7-17-26(23)33/h1-22H;1-21H;1-20H. The summed E-state index contributed by atoms with van der Waals surface area (Å²) in [5, 5.41) is 14.7. The van der Waals surface area contributed by atoms with Gasteiger partial charge in [0.25, 0.3) is 0 Å². The second-order valence-electron chi connectivity index (χ2n) is 29.2. The van der Waals surface area contributed by atoms with Gasteiger partial charge in [0.05, 0.1) is 83.3 Å². The molecule has 25 rings (SSSR count). The average Bonchev–Trinajstić information content (AvgIpc) is 1.60. The highest BCUT2D eigenvalue weighted by molar-refractivity contribution is 7.87. The summed E-state index contributed by atoms with van der Waals surface area (Å²) in [5.41, 5.74) is 16.3. The molecule has 13 nitrogen and oxygen atoms in total. The summed E-state index contributed by atoms with van der Waals surface area (Å²) < 4.78 is 56.7. The molecule has 0 bridgehead atoms. The zero-order chi connectivity index (χ0) is 76.3. The van der Waals surface area contributed by atoms with E-state index < -0.39 is 21.4 Å². The number of para-hydroxylation sites is 11. The van der Waals surface area contributed by atoms with Gasteiger partial charge >= 0.3 is 0 Å². The van der Waals surface area contributed by atoms with E-state index in [1.54, 1.807) is 0 Å². The molecule has 6 aromatic heterocycles. The summed E-state index contributed by atoms with van der Waals surface area (Å²) in [6.07, 6.45) is 0. The van der Waals surface area contributed by atoms with Crippen molar-refractivity contribution in [2.75, 3.05) is 0 Å².